The molecule has 1 unspecified atom stereocenters. The van der Waals surface area contributed by atoms with E-state index in [0.29, 0.717) is 0 Å². The lowest BCUT2D eigenvalue weighted by molar-refractivity contribution is -0.139. The van der Waals surface area contributed by atoms with E-state index in [1.54, 1.807) is 6.07 Å². The van der Waals surface area contributed by atoms with Crippen molar-refractivity contribution >= 4 is 12.0 Å². The first kappa shape index (κ1) is 12.8. The van der Waals surface area contributed by atoms with Gasteiger partial charge in [-0.1, -0.05) is 30.3 Å². The molecule has 2 rings (SSSR count). The first-order valence-electron chi connectivity index (χ1n) is 5.74. The van der Waals surface area contributed by atoms with Crippen molar-refractivity contribution in [3.8, 4) is 0 Å². The Hall–Kier alpha value is -2.63. The van der Waals surface area contributed by atoms with E-state index in [1.165, 1.54) is 12.4 Å². The van der Waals surface area contributed by atoms with Crippen LogP contribution in [0, 0.1) is 0 Å². The van der Waals surface area contributed by atoms with Gasteiger partial charge in [0.25, 0.3) is 0 Å². The Labute approximate surface area is 109 Å². The molecule has 19 heavy (non-hydrogen) atoms. The van der Waals surface area contributed by atoms with E-state index >= 15 is 0 Å². The van der Waals surface area contributed by atoms with Gasteiger partial charge in [0.15, 0.2) is 0 Å². The molecule has 98 valence electrons. The number of hydrogen-bond donors (Lipinski definition) is 2. The van der Waals surface area contributed by atoms with Crippen LogP contribution in [-0.2, 0) is 11.2 Å². The zero-order valence-corrected chi connectivity index (χ0v) is 10.1. The predicted molar refractivity (Wildman–Crippen MR) is 67.7 cm³/mol. The van der Waals surface area contributed by atoms with Crippen LogP contribution >= 0.6 is 0 Å². The van der Waals surface area contributed by atoms with Crippen LogP contribution in [0.5, 0.6) is 0 Å². The van der Waals surface area contributed by atoms with Gasteiger partial charge in [-0.2, -0.15) is 9.78 Å². The fourth-order valence-corrected chi connectivity index (χ4v) is 1.65. The van der Waals surface area contributed by atoms with Gasteiger partial charge in [-0.3, -0.25) is 0 Å². The topological polar surface area (TPSA) is 84.2 Å². The van der Waals surface area contributed by atoms with Gasteiger partial charge in [-0.15, -0.1) is 0 Å². The SMILES string of the molecule is O=C(O)C(Cc1ccccc1)NC(=O)n1cccn1. The molecule has 0 fully saturated rings. The molecule has 1 aromatic carbocycles. The fourth-order valence-electron chi connectivity index (χ4n) is 1.65. The summed E-state index contributed by atoms with van der Waals surface area (Å²) < 4.78 is 1.06. The molecule has 0 aliphatic rings. The molecule has 1 atom stereocenters. The normalized spacial score (nSPS) is 11.8. The minimum atomic E-state index is -1.08. The monoisotopic (exact) mass is 259 g/mol. The smallest absolute Gasteiger partial charge is 0.342 e. The number of hydrogen-bond acceptors (Lipinski definition) is 3. The summed E-state index contributed by atoms with van der Waals surface area (Å²) in [5.74, 6) is -1.08. The maximum Gasteiger partial charge on any atom is 0.342 e. The third-order valence-corrected chi connectivity index (χ3v) is 2.59. The number of carboxylic acid groups (broad SMARTS) is 1. The van der Waals surface area contributed by atoms with Gasteiger partial charge in [-0.05, 0) is 11.6 Å². The molecule has 0 saturated heterocycles. The highest BCUT2D eigenvalue weighted by Gasteiger charge is 2.21. The molecule has 2 N–H and O–H groups in total. The summed E-state index contributed by atoms with van der Waals surface area (Å²) in [6.45, 7) is 0. The number of nitrogens with zero attached hydrogens (tertiary/aromatic N) is 2. The van der Waals surface area contributed by atoms with E-state index < -0.39 is 18.0 Å². The molecule has 1 heterocycles. The summed E-state index contributed by atoms with van der Waals surface area (Å²) in [5.41, 5.74) is 0.843. The van der Waals surface area contributed by atoms with Crippen molar-refractivity contribution in [2.75, 3.05) is 0 Å². The lowest BCUT2D eigenvalue weighted by Gasteiger charge is -2.14. The van der Waals surface area contributed by atoms with Crippen LogP contribution < -0.4 is 5.32 Å². The van der Waals surface area contributed by atoms with Gasteiger partial charge in [0, 0.05) is 18.8 Å². The molecule has 1 aromatic heterocycles. The zero-order valence-electron chi connectivity index (χ0n) is 10.1. The first-order chi connectivity index (χ1) is 9.16. The fraction of sp³-hybridized carbons (Fsp3) is 0.154. The molecule has 0 bridgehead atoms. The van der Waals surface area contributed by atoms with Gasteiger partial charge in [-0.25, -0.2) is 9.59 Å². The number of rotatable bonds is 4. The molecule has 2 aromatic rings. The van der Waals surface area contributed by atoms with Crippen LogP contribution in [0.2, 0.25) is 0 Å². The Morgan fingerprint density at radius 2 is 2.00 bits per heavy atom. The second kappa shape index (κ2) is 5.81. The summed E-state index contributed by atoms with van der Waals surface area (Å²) in [6.07, 6.45) is 3.13. The highest BCUT2D eigenvalue weighted by Crippen LogP contribution is 2.03. The van der Waals surface area contributed by atoms with E-state index in [9.17, 15) is 9.59 Å². The maximum atomic E-state index is 11.7. The molecule has 6 nitrogen and oxygen atoms in total. The number of amides is 1. The molecular formula is C13H13N3O3. The number of benzene rings is 1. The molecule has 6 heteroatoms. The van der Waals surface area contributed by atoms with Crippen LogP contribution in [-0.4, -0.2) is 32.9 Å². The summed E-state index contributed by atoms with van der Waals surface area (Å²) in [5, 5.41) is 15.3. The Bertz CT molecular complexity index is 552. The van der Waals surface area contributed by atoms with Crippen LogP contribution in [0.4, 0.5) is 4.79 Å². The lowest BCUT2D eigenvalue weighted by Crippen LogP contribution is -2.44. The summed E-state index contributed by atoms with van der Waals surface area (Å²) in [6, 6.07) is 9.17. The molecule has 0 radical (unpaired) electrons. The molecule has 0 aliphatic carbocycles. The average molecular weight is 259 g/mol. The van der Waals surface area contributed by atoms with Crippen molar-refractivity contribution < 1.29 is 14.7 Å². The van der Waals surface area contributed by atoms with E-state index in [0.717, 1.165) is 10.2 Å². The Morgan fingerprint density at radius 1 is 1.26 bits per heavy atom. The zero-order chi connectivity index (χ0) is 13.7. The summed E-state index contributed by atoms with van der Waals surface area (Å²) >= 11 is 0. The van der Waals surface area contributed by atoms with E-state index in [2.05, 4.69) is 10.4 Å². The highest BCUT2D eigenvalue weighted by molar-refractivity contribution is 5.83. The van der Waals surface area contributed by atoms with Crippen molar-refractivity contribution in [2.45, 2.75) is 12.5 Å². The maximum absolute atomic E-state index is 11.7. The summed E-state index contributed by atoms with van der Waals surface area (Å²) in [7, 11) is 0. The second-order valence-electron chi connectivity index (χ2n) is 3.98. The second-order valence-corrected chi connectivity index (χ2v) is 3.98. The van der Waals surface area contributed by atoms with Crippen molar-refractivity contribution in [1.82, 2.24) is 15.1 Å². The largest absolute Gasteiger partial charge is 0.480 e. The number of carboxylic acids is 1. The van der Waals surface area contributed by atoms with Gasteiger partial charge < -0.3 is 10.4 Å². The Morgan fingerprint density at radius 3 is 2.58 bits per heavy atom. The number of carbonyl (C=O) groups excluding carboxylic acids is 1. The standard InChI is InChI=1S/C13H13N3O3/c17-12(18)11(9-10-5-2-1-3-6-10)15-13(19)16-8-4-7-14-16/h1-8,11H,9H2,(H,15,19)(H,17,18). The minimum Gasteiger partial charge on any atom is -0.480 e. The van der Waals surface area contributed by atoms with Crippen LogP contribution in [0.1, 0.15) is 5.56 Å². The molecular weight excluding hydrogens is 246 g/mol. The molecule has 0 saturated carbocycles. The number of nitrogens with one attached hydrogen (secondary N) is 1. The third-order valence-electron chi connectivity index (χ3n) is 2.59. The van der Waals surface area contributed by atoms with Gasteiger partial charge in [0.1, 0.15) is 6.04 Å². The third kappa shape index (κ3) is 3.41. The van der Waals surface area contributed by atoms with Crippen LogP contribution in [0.15, 0.2) is 48.8 Å². The van der Waals surface area contributed by atoms with E-state index in [4.69, 9.17) is 5.11 Å². The van der Waals surface area contributed by atoms with Gasteiger partial charge in [0.2, 0.25) is 0 Å². The molecule has 1 amide bonds. The Balaban J connectivity index is 2.05. The lowest BCUT2D eigenvalue weighted by atomic mass is 10.1. The number of aliphatic carboxylic acids is 1. The summed E-state index contributed by atoms with van der Waals surface area (Å²) in [4.78, 5) is 22.9. The number of carbonyl (C=O) groups is 2. The first-order valence-corrected chi connectivity index (χ1v) is 5.74. The highest BCUT2D eigenvalue weighted by atomic mass is 16.4. The Kier molecular flexibility index (Phi) is 3.92. The van der Waals surface area contributed by atoms with Crippen LogP contribution in [0.3, 0.4) is 0 Å². The van der Waals surface area contributed by atoms with Crippen molar-refractivity contribution in [3.05, 3.63) is 54.4 Å². The van der Waals surface area contributed by atoms with Crippen LogP contribution in [0.25, 0.3) is 0 Å². The molecule has 0 spiro atoms. The molecule has 0 aliphatic heterocycles. The van der Waals surface area contributed by atoms with Gasteiger partial charge in [0.05, 0.1) is 0 Å². The van der Waals surface area contributed by atoms with E-state index in [-0.39, 0.29) is 6.42 Å². The van der Waals surface area contributed by atoms with Crippen molar-refractivity contribution in [3.63, 3.8) is 0 Å². The van der Waals surface area contributed by atoms with Crippen molar-refractivity contribution in [2.24, 2.45) is 0 Å². The average Bonchev–Trinajstić information content (AvgIpc) is 2.93. The minimum absolute atomic E-state index is 0.225. The van der Waals surface area contributed by atoms with E-state index in [1.807, 2.05) is 30.3 Å². The van der Waals surface area contributed by atoms with Gasteiger partial charge >= 0.3 is 12.0 Å². The van der Waals surface area contributed by atoms with Crippen molar-refractivity contribution in [1.29, 1.82) is 0 Å². The number of aromatic nitrogens is 2. The quantitative estimate of drug-likeness (QED) is 0.862. The predicted octanol–water partition coefficient (Wildman–Crippen LogP) is 1.14.